The van der Waals surface area contributed by atoms with Crippen LogP contribution in [0.15, 0.2) is 24.3 Å². The van der Waals surface area contributed by atoms with Crippen LogP contribution in [0.3, 0.4) is 0 Å². The fourth-order valence-corrected chi connectivity index (χ4v) is 2.51. The number of likely N-dealkylation sites (N-methyl/N-ethyl adjacent to an activating group) is 1. The number of hydrogen-bond donors (Lipinski definition) is 0. The van der Waals surface area contributed by atoms with Crippen molar-refractivity contribution in [3.05, 3.63) is 30.1 Å². The van der Waals surface area contributed by atoms with Gasteiger partial charge in [-0.25, -0.2) is 4.98 Å². The van der Waals surface area contributed by atoms with Gasteiger partial charge in [0.25, 0.3) is 0 Å². The predicted octanol–water partition coefficient (Wildman–Crippen LogP) is 3.03. The topological polar surface area (TPSA) is 38.1 Å². The van der Waals surface area contributed by atoms with Crippen LogP contribution < -0.4 is 0 Å². The van der Waals surface area contributed by atoms with Crippen molar-refractivity contribution in [3.8, 4) is 0 Å². The molecule has 0 aliphatic carbocycles. The lowest BCUT2D eigenvalue weighted by Crippen LogP contribution is -2.33. The van der Waals surface area contributed by atoms with Crippen molar-refractivity contribution in [3.63, 3.8) is 0 Å². The number of carbonyl (C=O) groups is 1. The van der Waals surface area contributed by atoms with Gasteiger partial charge in [0.05, 0.1) is 11.0 Å². The number of carbonyl (C=O) groups excluding carboxylic acids is 1. The van der Waals surface area contributed by atoms with Crippen LogP contribution in [0.25, 0.3) is 11.0 Å². The summed E-state index contributed by atoms with van der Waals surface area (Å²) in [7, 11) is 0. The zero-order valence-electron chi connectivity index (χ0n) is 12.8. The molecular formula is C16H23N3O. The Hall–Kier alpha value is -1.84. The molecule has 4 heteroatoms. The van der Waals surface area contributed by atoms with Crippen LogP contribution in [0.2, 0.25) is 0 Å². The molecule has 0 atom stereocenters. The number of nitrogens with zero attached hydrogens (tertiary/aromatic N) is 3. The van der Waals surface area contributed by atoms with Gasteiger partial charge in [0.1, 0.15) is 12.4 Å². The Kier molecular flexibility index (Phi) is 4.42. The summed E-state index contributed by atoms with van der Waals surface area (Å²) < 4.78 is 2.06. The Labute approximate surface area is 120 Å². The first-order valence-electron chi connectivity index (χ1n) is 7.31. The standard InChI is InChI=1S/C16H23N3O/c1-5-18(6-2)15(20)11-19-14-10-8-7-9-13(14)17-16(19)12(3)4/h7-10,12H,5-6,11H2,1-4H3. The van der Waals surface area contributed by atoms with E-state index in [1.54, 1.807) is 0 Å². The average molecular weight is 273 g/mol. The minimum atomic E-state index is 0.153. The summed E-state index contributed by atoms with van der Waals surface area (Å²) in [6.07, 6.45) is 0. The first-order chi connectivity index (χ1) is 9.58. The van der Waals surface area contributed by atoms with Gasteiger partial charge in [0.15, 0.2) is 0 Å². The Morgan fingerprint density at radius 2 is 1.90 bits per heavy atom. The quantitative estimate of drug-likeness (QED) is 0.840. The number of amides is 1. The Morgan fingerprint density at radius 1 is 1.25 bits per heavy atom. The van der Waals surface area contributed by atoms with Gasteiger partial charge in [-0.05, 0) is 26.0 Å². The lowest BCUT2D eigenvalue weighted by Gasteiger charge is -2.20. The lowest BCUT2D eigenvalue weighted by atomic mass is 10.2. The van der Waals surface area contributed by atoms with Crippen molar-refractivity contribution >= 4 is 16.9 Å². The fourth-order valence-electron chi connectivity index (χ4n) is 2.51. The zero-order valence-corrected chi connectivity index (χ0v) is 12.8. The molecule has 0 radical (unpaired) electrons. The van der Waals surface area contributed by atoms with Gasteiger partial charge < -0.3 is 9.47 Å². The second-order valence-electron chi connectivity index (χ2n) is 5.27. The van der Waals surface area contributed by atoms with Crippen molar-refractivity contribution < 1.29 is 4.79 Å². The minimum Gasteiger partial charge on any atom is -0.342 e. The van der Waals surface area contributed by atoms with Crippen molar-refractivity contribution in [1.82, 2.24) is 14.5 Å². The third-order valence-corrected chi connectivity index (χ3v) is 3.61. The molecule has 0 aliphatic heterocycles. The van der Waals surface area contributed by atoms with Crippen LogP contribution in [-0.4, -0.2) is 33.4 Å². The molecule has 20 heavy (non-hydrogen) atoms. The van der Waals surface area contributed by atoms with E-state index in [4.69, 9.17) is 0 Å². The third kappa shape index (κ3) is 2.69. The summed E-state index contributed by atoms with van der Waals surface area (Å²) in [6.45, 7) is 10.1. The minimum absolute atomic E-state index is 0.153. The van der Waals surface area contributed by atoms with E-state index < -0.39 is 0 Å². The number of fused-ring (bicyclic) bond motifs is 1. The van der Waals surface area contributed by atoms with Gasteiger partial charge in [0, 0.05) is 19.0 Å². The van der Waals surface area contributed by atoms with E-state index in [1.807, 2.05) is 43.0 Å². The van der Waals surface area contributed by atoms with Crippen molar-refractivity contribution in [1.29, 1.82) is 0 Å². The molecule has 0 unspecified atom stereocenters. The van der Waals surface area contributed by atoms with E-state index in [9.17, 15) is 4.79 Å². The highest BCUT2D eigenvalue weighted by Crippen LogP contribution is 2.21. The monoisotopic (exact) mass is 273 g/mol. The van der Waals surface area contributed by atoms with Crippen LogP contribution in [0, 0.1) is 0 Å². The average Bonchev–Trinajstić information content (AvgIpc) is 2.79. The maximum Gasteiger partial charge on any atom is 0.242 e. The molecule has 4 nitrogen and oxygen atoms in total. The Morgan fingerprint density at radius 3 is 2.50 bits per heavy atom. The normalized spacial score (nSPS) is 11.2. The summed E-state index contributed by atoms with van der Waals surface area (Å²) >= 11 is 0. The van der Waals surface area contributed by atoms with Crippen LogP contribution in [0.5, 0.6) is 0 Å². The first kappa shape index (κ1) is 14.6. The molecule has 0 spiro atoms. The molecule has 0 saturated carbocycles. The molecule has 0 N–H and O–H groups in total. The highest BCUT2D eigenvalue weighted by Gasteiger charge is 2.17. The fraction of sp³-hybridized carbons (Fsp3) is 0.500. The van der Waals surface area contributed by atoms with E-state index in [-0.39, 0.29) is 5.91 Å². The van der Waals surface area contributed by atoms with Crippen LogP contribution in [0.1, 0.15) is 39.4 Å². The Balaban J connectivity index is 2.41. The molecule has 2 rings (SSSR count). The van der Waals surface area contributed by atoms with Gasteiger partial charge in [-0.15, -0.1) is 0 Å². The summed E-state index contributed by atoms with van der Waals surface area (Å²) in [6, 6.07) is 8.01. The number of imidazole rings is 1. The maximum absolute atomic E-state index is 12.4. The van der Waals surface area contributed by atoms with Crippen molar-refractivity contribution in [2.24, 2.45) is 0 Å². The summed E-state index contributed by atoms with van der Waals surface area (Å²) in [5, 5.41) is 0. The van der Waals surface area contributed by atoms with Crippen LogP contribution in [0.4, 0.5) is 0 Å². The number of rotatable bonds is 5. The van der Waals surface area contributed by atoms with E-state index in [0.717, 1.165) is 29.9 Å². The molecule has 108 valence electrons. The highest BCUT2D eigenvalue weighted by molar-refractivity contribution is 5.81. The molecule has 0 bridgehead atoms. The molecule has 0 fully saturated rings. The van der Waals surface area contributed by atoms with E-state index in [1.165, 1.54) is 0 Å². The van der Waals surface area contributed by atoms with Gasteiger partial charge in [0.2, 0.25) is 5.91 Å². The molecule has 1 heterocycles. The number of aromatic nitrogens is 2. The molecular weight excluding hydrogens is 250 g/mol. The van der Waals surface area contributed by atoms with Crippen LogP contribution in [-0.2, 0) is 11.3 Å². The van der Waals surface area contributed by atoms with E-state index in [0.29, 0.717) is 12.5 Å². The highest BCUT2D eigenvalue weighted by atomic mass is 16.2. The predicted molar refractivity (Wildman–Crippen MR) is 81.8 cm³/mol. The number of benzene rings is 1. The summed E-state index contributed by atoms with van der Waals surface area (Å²) in [4.78, 5) is 18.9. The van der Waals surface area contributed by atoms with E-state index in [2.05, 4.69) is 23.4 Å². The zero-order chi connectivity index (χ0) is 14.7. The number of hydrogen-bond acceptors (Lipinski definition) is 2. The smallest absolute Gasteiger partial charge is 0.242 e. The van der Waals surface area contributed by atoms with Gasteiger partial charge in [-0.2, -0.15) is 0 Å². The molecule has 0 saturated heterocycles. The molecule has 0 aliphatic rings. The summed E-state index contributed by atoms with van der Waals surface area (Å²) in [5.41, 5.74) is 2.00. The van der Waals surface area contributed by atoms with Gasteiger partial charge in [-0.3, -0.25) is 4.79 Å². The maximum atomic E-state index is 12.4. The third-order valence-electron chi connectivity index (χ3n) is 3.61. The Bertz CT molecular complexity index is 597. The molecule has 1 aromatic heterocycles. The van der Waals surface area contributed by atoms with Gasteiger partial charge in [-0.1, -0.05) is 26.0 Å². The second kappa shape index (κ2) is 6.07. The first-order valence-corrected chi connectivity index (χ1v) is 7.31. The summed E-state index contributed by atoms with van der Waals surface area (Å²) in [5.74, 6) is 1.43. The van der Waals surface area contributed by atoms with Crippen molar-refractivity contribution in [2.45, 2.75) is 40.2 Å². The SMILES string of the molecule is CCN(CC)C(=O)Cn1c(C(C)C)nc2ccccc21. The van der Waals surface area contributed by atoms with Crippen molar-refractivity contribution in [2.75, 3.05) is 13.1 Å². The molecule has 1 aromatic carbocycles. The second-order valence-corrected chi connectivity index (χ2v) is 5.27. The van der Waals surface area contributed by atoms with Gasteiger partial charge >= 0.3 is 0 Å². The molecule has 1 amide bonds. The molecule has 2 aromatic rings. The lowest BCUT2D eigenvalue weighted by molar-refractivity contribution is -0.131. The largest absolute Gasteiger partial charge is 0.342 e. The van der Waals surface area contributed by atoms with Crippen LogP contribution >= 0.6 is 0 Å². The van der Waals surface area contributed by atoms with E-state index >= 15 is 0 Å². The number of para-hydroxylation sites is 2.